The molecule has 5 heteroatoms. The molecular formula is C23H23N3OS. The molecule has 0 unspecified atom stereocenters. The van der Waals surface area contributed by atoms with Gasteiger partial charge in [0.1, 0.15) is 0 Å². The first kappa shape index (κ1) is 18.5. The molecule has 0 aliphatic heterocycles. The number of carbonyl (C=O) groups excluding carboxylic acids is 1. The van der Waals surface area contributed by atoms with E-state index in [2.05, 4.69) is 51.3 Å². The maximum absolute atomic E-state index is 12.4. The summed E-state index contributed by atoms with van der Waals surface area (Å²) in [5, 5.41) is 9.71. The molecule has 4 nitrogen and oxygen atoms in total. The van der Waals surface area contributed by atoms with Gasteiger partial charge in [-0.3, -0.25) is 10.1 Å². The van der Waals surface area contributed by atoms with Crippen molar-refractivity contribution < 1.29 is 4.79 Å². The molecule has 0 spiro atoms. The lowest BCUT2D eigenvalue weighted by Crippen LogP contribution is -2.36. The second kappa shape index (κ2) is 8.87. The van der Waals surface area contributed by atoms with Crippen molar-refractivity contribution in [3.05, 3.63) is 94.3 Å². The van der Waals surface area contributed by atoms with E-state index in [1.165, 1.54) is 15.8 Å². The summed E-state index contributed by atoms with van der Waals surface area (Å²) in [6, 6.07) is 22.6. The van der Waals surface area contributed by atoms with Gasteiger partial charge in [0.2, 0.25) is 5.91 Å². The first-order valence-electron chi connectivity index (χ1n) is 9.44. The lowest BCUT2D eigenvalue weighted by molar-refractivity contribution is -0.120. The van der Waals surface area contributed by atoms with E-state index in [1.807, 2.05) is 42.6 Å². The van der Waals surface area contributed by atoms with Crippen LogP contribution in [0.3, 0.4) is 0 Å². The van der Waals surface area contributed by atoms with E-state index in [1.54, 1.807) is 11.3 Å². The van der Waals surface area contributed by atoms with Crippen molar-refractivity contribution >= 4 is 28.1 Å². The van der Waals surface area contributed by atoms with Crippen LogP contribution in [0.25, 0.3) is 10.9 Å². The predicted molar refractivity (Wildman–Crippen MR) is 116 cm³/mol. The Morgan fingerprint density at radius 1 is 1.00 bits per heavy atom. The number of hydrogen-bond acceptors (Lipinski definition) is 3. The zero-order valence-electron chi connectivity index (χ0n) is 15.5. The number of carbonyl (C=O) groups is 1. The number of aromatic nitrogens is 1. The Kier molecular flexibility index (Phi) is 5.85. The second-order valence-corrected chi connectivity index (χ2v) is 7.68. The Morgan fingerprint density at radius 3 is 2.64 bits per heavy atom. The monoisotopic (exact) mass is 389 g/mol. The molecule has 142 valence electrons. The number of benzene rings is 2. The van der Waals surface area contributed by atoms with Gasteiger partial charge in [0.05, 0.1) is 12.6 Å². The molecular weight excluding hydrogens is 366 g/mol. The van der Waals surface area contributed by atoms with Crippen LogP contribution in [0.5, 0.6) is 0 Å². The lowest BCUT2D eigenvalue weighted by atomic mass is 10.1. The molecule has 28 heavy (non-hydrogen) atoms. The van der Waals surface area contributed by atoms with Crippen molar-refractivity contribution in [1.82, 2.24) is 15.6 Å². The van der Waals surface area contributed by atoms with Gasteiger partial charge in [-0.1, -0.05) is 54.6 Å². The van der Waals surface area contributed by atoms with Crippen LogP contribution in [0.15, 0.2) is 78.3 Å². The molecule has 2 aromatic carbocycles. The van der Waals surface area contributed by atoms with Gasteiger partial charge in [-0.2, -0.15) is 0 Å². The normalized spacial score (nSPS) is 12.1. The highest BCUT2D eigenvalue weighted by molar-refractivity contribution is 7.10. The van der Waals surface area contributed by atoms with Gasteiger partial charge < -0.3 is 10.3 Å². The first-order valence-corrected chi connectivity index (χ1v) is 10.3. The number of rotatable bonds is 8. The van der Waals surface area contributed by atoms with Gasteiger partial charge in [-0.25, -0.2) is 0 Å². The highest BCUT2D eigenvalue weighted by Crippen LogP contribution is 2.25. The molecule has 2 heterocycles. The molecule has 4 aromatic rings. The van der Waals surface area contributed by atoms with Gasteiger partial charge in [-0.05, 0) is 35.1 Å². The molecule has 1 atom stereocenters. The fourth-order valence-electron chi connectivity index (χ4n) is 3.42. The Hall–Kier alpha value is -2.89. The SMILES string of the molecule is O=C(CN[C@@H](c1ccccc1)c1cccs1)NCCc1c[nH]c2ccccc12. The van der Waals surface area contributed by atoms with Crippen molar-refractivity contribution in [3.63, 3.8) is 0 Å². The number of fused-ring (bicyclic) bond motifs is 1. The molecule has 1 amide bonds. The smallest absolute Gasteiger partial charge is 0.233 e. The third kappa shape index (κ3) is 4.32. The van der Waals surface area contributed by atoms with Crippen LogP contribution in [0.4, 0.5) is 0 Å². The number of amides is 1. The topological polar surface area (TPSA) is 56.9 Å². The minimum atomic E-state index is 0.0114. The van der Waals surface area contributed by atoms with E-state index in [4.69, 9.17) is 0 Å². The minimum absolute atomic E-state index is 0.0114. The third-order valence-electron chi connectivity index (χ3n) is 4.82. The molecule has 2 aromatic heterocycles. The van der Waals surface area contributed by atoms with Crippen LogP contribution in [0.2, 0.25) is 0 Å². The van der Waals surface area contributed by atoms with Crippen LogP contribution >= 0.6 is 11.3 Å². The molecule has 3 N–H and O–H groups in total. The van der Waals surface area contributed by atoms with Gasteiger partial charge >= 0.3 is 0 Å². The van der Waals surface area contributed by atoms with Crippen LogP contribution in [-0.2, 0) is 11.2 Å². The van der Waals surface area contributed by atoms with Crippen molar-refractivity contribution in [2.75, 3.05) is 13.1 Å². The molecule has 0 saturated carbocycles. The first-order chi connectivity index (χ1) is 13.8. The lowest BCUT2D eigenvalue weighted by Gasteiger charge is -2.18. The van der Waals surface area contributed by atoms with E-state index in [0.717, 1.165) is 17.5 Å². The molecule has 0 fully saturated rings. The van der Waals surface area contributed by atoms with Crippen molar-refractivity contribution in [2.24, 2.45) is 0 Å². The van der Waals surface area contributed by atoms with E-state index in [0.29, 0.717) is 6.54 Å². The van der Waals surface area contributed by atoms with Gasteiger partial charge in [0.25, 0.3) is 0 Å². The summed E-state index contributed by atoms with van der Waals surface area (Å²) in [6.07, 6.45) is 2.83. The number of aromatic amines is 1. The Bertz CT molecular complexity index is 1020. The highest BCUT2D eigenvalue weighted by atomic mass is 32.1. The van der Waals surface area contributed by atoms with Gasteiger partial charge in [0.15, 0.2) is 0 Å². The summed E-state index contributed by atoms with van der Waals surface area (Å²) in [5.41, 5.74) is 3.52. The largest absolute Gasteiger partial charge is 0.361 e. The summed E-state index contributed by atoms with van der Waals surface area (Å²) in [4.78, 5) is 16.8. The quantitative estimate of drug-likeness (QED) is 0.422. The highest BCUT2D eigenvalue weighted by Gasteiger charge is 2.15. The van der Waals surface area contributed by atoms with Crippen LogP contribution in [0, 0.1) is 0 Å². The summed E-state index contributed by atoms with van der Waals surface area (Å²) < 4.78 is 0. The Balaban J connectivity index is 1.31. The summed E-state index contributed by atoms with van der Waals surface area (Å²) >= 11 is 1.70. The molecule has 0 saturated heterocycles. The molecule has 0 aliphatic rings. The standard InChI is InChI=1S/C23H23N3OS/c27-22(24-13-12-18-15-25-20-10-5-4-9-19(18)20)16-26-23(21-11-6-14-28-21)17-7-2-1-3-8-17/h1-11,14-15,23,25-26H,12-13,16H2,(H,24,27)/t23-/m0/s1. The Labute approximate surface area is 168 Å². The number of hydrogen-bond donors (Lipinski definition) is 3. The zero-order chi connectivity index (χ0) is 19.2. The summed E-state index contributed by atoms with van der Waals surface area (Å²) in [5.74, 6) is 0.0114. The van der Waals surface area contributed by atoms with E-state index in [-0.39, 0.29) is 18.5 Å². The fourth-order valence-corrected chi connectivity index (χ4v) is 4.24. The summed E-state index contributed by atoms with van der Waals surface area (Å²) in [7, 11) is 0. The minimum Gasteiger partial charge on any atom is -0.361 e. The van der Waals surface area contributed by atoms with Crippen molar-refractivity contribution in [2.45, 2.75) is 12.5 Å². The number of nitrogens with one attached hydrogen (secondary N) is 3. The molecule has 4 rings (SSSR count). The van der Waals surface area contributed by atoms with Crippen LogP contribution in [0.1, 0.15) is 22.0 Å². The van der Waals surface area contributed by atoms with Crippen LogP contribution < -0.4 is 10.6 Å². The van der Waals surface area contributed by atoms with E-state index in [9.17, 15) is 4.79 Å². The molecule has 0 radical (unpaired) electrons. The third-order valence-corrected chi connectivity index (χ3v) is 5.76. The van der Waals surface area contributed by atoms with Crippen molar-refractivity contribution in [3.8, 4) is 0 Å². The van der Waals surface area contributed by atoms with Crippen molar-refractivity contribution in [1.29, 1.82) is 0 Å². The number of H-pyrrole nitrogens is 1. The number of para-hydroxylation sites is 1. The van der Waals surface area contributed by atoms with Gasteiger partial charge in [0, 0.05) is 28.5 Å². The average molecular weight is 390 g/mol. The predicted octanol–water partition coefficient (Wildman–Crippen LogP) is 4.27. The van der Waals surface area contributed by atoms with Crippen LogP contribution in [-0.4, -0.2) is 24.0 Å². The molecule has 0 aliphatic carbocycles. The average Bonchev–Trinajstić information content (AvgIpc) is 3.40. The zero-order valence-corrected chi connectivity index (χ0v) is 16.3. The second-order valence-electron chi connectivity index (χ2n) is 6.70. The Morgan fingerprint density at radius 2 is 1.82 bits per heavy atom. The maximum Gasteiger partial charge on any atom is 0.233 e. The fraction of sp³-hybridized carbons (Fsp3) is 0.174. The van der Waals surface area contributed by atoms with E-state index >= 15 is 0 Å². The maximum atomic E-state index is 12.4. The van der Waals surface area contributed by atoms with Gasteiger partial charge in [-0.15, -0.1) is 11.3 Å². The molecule has 0 bridgehead atoms. The summed E-state index contributed by atoms with van der Waals surface area (Å²) in [6.45, 7) is 0.905. The van der Waals surface area contributed by atoms with E-state index < -0.39 is 0 Å². The number of thiophene rings is 1.